The van der Waals surface area contributed by atoms with E-state index in [9.17, 15) is 32.9 Å². The molecule has 0 radical (unpaired) electrons. The fraction of sp³-hybridized carbons (Fsp3) is 0.417. The number of rotatable bonds is 8. The van der Waals surface area contributed by atoms with Crippen LogP contribution in [0.25, 0.3) is 0 Å². The second-order valence-electron chi connectivity index (χ2n) is 5.97. The number of carbonyl (C=O) groups is 1. The maximum atomic E-state index is 14.6. The Labute approximate surface area is 173 Å². The lowest BCUT2D eigenvalue weighted by atomic mass is 9.98. The molecule has 0 aromatic heterocycles. The first-order valence-electron chi connectivity index (χ1n) is 7.73. The number of urea groups is 1. The minimum absolute atomic E-state index is 0.172. The third-order valence-corrected chi connectivity index (χ3v) is 7.48. The number of carbonyl (C=O) groups excluding carboxylic acids is 1. The van der Waals surface area contributed by atoms with Crippen molar-refractivity contribution in [1.82, 2.24) is 10.2 Å². The Kier molecular flexibility index (Phi) is 7.36. The lowest BCUT2D eigenvalue weighted by molar-refractivity contribution is -0.0956. The zero-order valence-corrected chi connectivity index (χ0v) is 17.7. The molecule has 2 aliphatic heterocycles. The number of nitrogens with zero attached hydrogens (tertiary/aromatic N) is 1. The zero-order chi connectivity index (χ0) is 23.8. The predicted molar refractivity (Wildman–Crippen MR) is 95.8 cm³/mol. The van der Waals surface area contributed by atoms with Gasteiger partial charge in [-0.3, -0.25) is 9.42 Å². The fourth-order valence-electron chi connectivity index (χ4n) is 2.42. The first kappa shape index (κ1) is 25.8. The summed E-state index contributed by atoms with van der Waals surface area (Å²) in [6.45, 7) is 2.13. The van der Waals surface area contributed by atoms with Crippen molar-refractivity contribution < 1.29 is 65.4 Å². The molecule has 0 aromatic rings. The Balaban J connectivity index is 2.16. The van der Waals surface area contributed by atoms with Crippen molar-refractivity contribution in [2.45, 2.75) is 24.1 Å². The van der Waals surface area contributed by atoms with E-state index in [1.165, 1.54) is 6.08 Å². The lowest BCUT2D eigenvalue weighted by Crippen LogP contribution is -2.48. The number of nitrogens with one attached hydrogen (secondary N) is 1. The van der Waals surface area contributed by atoms with Crippen molar-refractivity contribution in [2.75, 3.05) is 6.61 Å². The molecule has 1 saturated heterocycles. The van der Waals surface area contributed by atoms with Crippen molar-refractivity contribution in [3.8, 4) is 12.3 Å². The van der Waals surface area contributed by atoms with Crippen LogP contribution in [-0.2, 0) is 31.6 Å². The topological polar surface area (TPSA) is 222 Å². The van der Waals surface area contributed by atoms with Gasteiger partial charge in [0.05, 0.1) is 0 Å². The Morgan fingerprint density at radius 1 is 1.29 bits per heavy atom. The molecule has 0 aliphatic carbocycles. The van der Waals surface area contributed by atoms with Crippen LogP contribution in [0.4, 0.5) is 9.18 Å². The van der Waals surface area contributed by atoms with E-state index < -0.39 is 60.2 Å². The normalized spacial score (nSPS) is 32.8. The second-order valence-corrected chi connectivity index (χ2v) is 10.4. The minimum atomic E-state index is -5.81. The summed E-state index contributed by atoms with van der Waals surface area (Å²) in [7, 11) is -17.1. The monoisotopic (exact) mass is 508 g/mol. The van der Waals surface area contributed by atoms with E-state index in [4.69, 9.17) is 25.8 Å². The quantitative estimate of drug-likeness (QED) is 0.185. The molecule has 19 heteroatoms. The maximum Gasteiger partial charge on any atom is 0.490 e. The largest absolute Gasteiger partial charge is 0.490 e. The van der Waals surface area contributed by atoms with Gasteiger partial charge in [-0.2, -0.15) is 8.62 Å². The van der Waals surface area contributed by atoms with Crippen LogP contribution in [0.2, 0.25) is 0 Å². The van der Waals surface area contributed by atoms with Gasteiger partial charge in [0.1, 0.15) is 12.7 Å². The molecule has 6 N–H and O–H groups in total. The van der Waals surface area contributed by atoms with Gasteiger partial charge in [-0.1, -0.05) is 12.5 Å². The Bertz CT molecular complexity index is 975. The number of allylic oxidation sites excluding steroid dienone is 1. The molecule has 2 aliphatic rings. The molecule has 0 saturated carbocycles. The fourth-order valence-corrected chi connectivity index (χ4v) is 5.47. The van der Waals surface area contributed by atoms with Crippen molar-refractivity contribution in [3.05, 3.63) is 24.6 Å². The number of phosphoric acid groups is 3. The van der Waals surface area contributed by atoms with Gasteiger partial charge in [0.15, 0.2) is 18.0 Å². The van der Waals surface area contributed by atoms with E-state index in [2.05, 4.69) is 25.0 Å². The number of amides is 2. The number of aliphatic hydroxyl groups is 1. The maximum absolute atomic E-state index is 14.6. The number of phosphoric ester groups is 1. The molecule has 6 atom stereocenters. The molecule has 31 heavy (non-hydrogen) atoms. The first-order valence-corrected chi connectivity index (χ1v) is 12.3. The number of hydrogen-bond donors (Lipinski definition) is 6. The predicted octanol–water partition coefficient (Wildman–Crippen LogP) is -0.190. The molecule has 2 heterocycles. The average Bonchev–Trinajstić information content (AvgIpc) is 2.82. The van der Waals surface area contributed by atoms with Crippen LogP contribution >= 0.6 is 23.5 Å². The van der Waals surface area contributed by atoms with E-state index >= 15 is 0 Å². The number of hydrogen-bond acceptors (Lipinski definition) is 9. The van der Waals surface area contributed by atoms with Gasteiger partial charge in [-0.25, -0.2) is 22.9 Å². The Morgan fingerprint density at radius 3 is 2.42 bits per heavy atom. The second kappa shape index (κ2) is 8.84. The average molecular weight is 508 g/mol. The van der Waals surface area contributed by atoms with Gasteiger partial charge in [-0.05, 0) is 6.08 Å². The van der Waals surface area contributed by atoms with Crippen LogP contribution in [0.15, 0.2) is 24.6 Å². The summed E-state index contributed by atoms with van der Waals surface area (Å²) < 4.78 is 65.0. The molecule has 3 unspecified atom stereocenters. The molecule has 0 aromatic carbocycles. The van der Waals surface area contributed by atoms with Crippen LogP contribution in [0.5, 0.6) is 0 Å². The van der Waals surface area contributed by atoms with Crippen molar-refractivity contribution in [3.63, 3.8) is 0 Å². The van der Waals surface area contributed by atoms with E-state index in [-0.39, 0.29) is 5.70 Å². The summed E-state index contributed by atoms with van der Waals surface area (Å²) in [6, 6.07) is -0.895. The molecule has 1 fully saturated rings. The van der Waals surface area contributed by atoms with Crippen LogP contribution < -0.4 is 5.32 Å². The number of halogens is 1. The van der Waals surface area contributed by atoms with Crippen LogP contribution in [-0.4, -0.2) is 66.3 Å². The third kappa shape index (κ3) is 6.30. The Morgan fingerprint density at radius 2 is 1.90 bits per heavy atom. The van der Waals surface area contributed by atoms with Gasteiger partial charge < -0.3 is 34.7 Å². The highest BCUT2D eigenvalue weighted by atomic mass is 31.3. The highest BCUT2D eigenvalue weighted by Crippen LogP contribution is 2.66. The van der Waals surface area contributed by atoms with Gasteiger partial charge in [-0.15, -0.1) is 6.42 Å². The van der Waals surface area contributed by atoms with Crippen molar-refractivity contribution in [2.24, 2.45) is 0 Å². The van der Waals surface area contributed by atoms with E-state index in [1.807, 2.05) is 5.92 Å². The molecule has 0 bridgehead atoms. The Hall–Kier alpha value is -1.43. The van der Waals surface area contributed by atoms with Gasteiger partial charge >= 0.3 is 29.5 Å². The van der Waals surface area contributed by atoms with E-state index in [0.717, 1.165) is 6.20 Å². The first-order chi connectivity index (χ1) is 14.0. The lowest BCUT2D eigenvalue weighted by Gasteiger charge is -2.30. The molecule has 15 nitrogen and oxygen atoms in total. The molecular formula is C12H16FN2O13P3. The van der Waals surface area contributed by atoms with Crippen LogP contribution in [0.1, 0.15) is 0 Å². The van der Waals surface area contributed by atoms with E-state index in [1.54, 1.807) is 0 Å². The number of aliphatic hydroxyl groups excluding tert-OH is 1. The number of ether oxygens (including phenoxy) is 1. The highest BCUT2D eigenvalue weighted by Gasteiger charge is 2.58. The summed E-state index contributed by atoms with van der Waals surface area (Å²) in [5, 5.41) is 12.4. The number of alkyl halides is 1. The van der Waals surface area contributed by atoms with Crippen molar-refractivity contribution in [1.29, 1.82) is 0 Å². The van der Waals surface area contributed by atoms with Crippen molar-refractivity contribution >= 4 is 29.5 Å². The van der Waals surface area contributed by atoms with Gasteiger partial charge in [0.2, 0.25) is 0 Å². The SMILES string of the molecule is C#C[C@]1(COP(=O)(O)OP(=O)(O)OP(=O)(O)O)O[C@@H](N2C=CC(=C)NC2=O)C(F)[C@H]1O. The molecule has 174 valence electrons. The smallest absolute Gasteiger partial charge is 0.386 e. The summed E-state index contributed by atoms with van der Waals surface area (Å²) in [6.07, 6.45) is 1.19. The summed E-state index contributed by atoms with van der Waals surface area (Å²) in [5.74, 6) is 1.81. The molecular weight excluding hydrogens is 492 g/mol. The minimum Gasteiger partial charge on any atom is -0.386 e. The van der Waals surface area contributed by atoms with Crippen LogP contribution in [0, 0.1) is 12.3 Å². The zero-order valence-electron chi connectivity index (χ0n) is 15.0. The molecule has 0 spiro atoms. The highest BCUT2D eigenvalue weighted by molar-refractivity contribution is 7.66. The summed E-state index contributed by atoms with van der Waals surface area (Å²) in [5.41, 5.74) is -2.32. The van der Waals surface area contributed by atoms with E-state index in [0.29, 0.717) is 4.90 Å². The van der Waals surface area contributed by atoms with Crippen LogP contribution in [0.3, 0.4) is 0 Å². The van der Waals surface area contributed by atoms with Gasteiger partial charge in [0.25, 0.3) is 0 Å². The molecule has 2 rings (SSSR count). The number of terminal acetylenes is 1. The summed E-state index contributed by atoms with van der Waals surface area (Å²) >= 11 is 0. The third-order valence-electron chi connectivity index (χ3n) is 3.70. The van der Waals surface area contributed by atoms with Gasteiger partial charge in [0, 0.05) is 11.9 Å². The summed E-state index contributed by atoms with van der Waals surface area (Å²) in [4.78, 5) is 48.2. The standard InChI is InChI=1S/C12H16FN2O13P3/c1-3-12(6-25-30(21,22)28-31(23,24)27-29(18,19)20)9(16)8(13)10(26-12)15-5-4-7(2)14-11(15)17/h1,4-5,8-10,16H,2,6H2,(H,14,17)(H,21,22)(H,23,24)(H2,18,19,20)/t8?,9-,10-,12-/m1/s1. The molecule has 2 amide bonds.